The summed E-state index contributed by atoms with van der Waals surface area (Å²) < 4.78 is 11.0. The van der Waals surface area contributed by atoms with Crippen molar-refractivity contribution in [2.24, 2.45) is 0 Å². The standard InChI is InChI=1S/C41H23N5O/c42-24-25-20-21-36-32(22-25)30-14-3-7-18-35(30)46(36)41-39-38(31-15-4-8-19-37(31)47-39)43-40(44-41)26-10-9-11-27(23-26)45-33-16-5-1-12-28(33)29-13-2-6-17-34(29)45/h1-23H. The third-order valence-corrected chi connectivity index (χ3v) is 9.16. The van der Waals surface area contributed by atoms with Crippen LogP contribution in [0.1, 0.15) is 5.56 Å². The molecular formula is C41H23N5O. The second-order valence-electron chi connectivity index (χ2n) is 11.8. The van der Waals surface area contributed by atoms with Crippen molar-refractivity contribution < 1.29 is 4.42 Å². The monoisotopic (exact) mass is 601 g/mol. The number of hydrogen-bond acceptors (Lipinski definition) is 4. The molecule has 0 aliphatic heterocycles. The molecule has 10 rings (SSSR count). The number of benzene rings is 6. The molecule has 0 atom stereocenters. The van der Waals surface area contributed by atoms with Gasteiger partial charge in [-0.1, -0.05) is 78.9 Å². The first-order valence-corrected chi connectivity index (χ1v) is 15.5. The molecule has 218 valence electrons. The van der Waals surface area contributed by atoms with Gasteiger partial charge in [0.15, 0.2) is 17.2 Å². The average molecular weight is 602 g/mol. The summed E-state index contributed by atoms with van der Waals surface area (Å²) in [5, 5.41) is 15.1. The Kier molecular flexibility index (Phi) is 5.25. The maximum Gasteiger partial charge on any atom is 0.197 e. The lowest BCUT2D eigenvalue weighted by atomic mass is 10.1. The smallest absolute Gasteiger partial charge is 0.197 e. The van der Waals surface area contributed by atoms with E-state index in [4.69, 9.17) is 14.4 Å². The van der Waals surface area contributed by atoms with Crippen molar-refractivity contribution in [2.75, 3.05) is 0 Å². The summed E-state index contributed by atoms with van der Waals surface area (Å²) in [4.78, 5) is 10.5. The first-order valence-electron chi connectivity index (χ1n) is 15.5. The summed E-state index contributed by atoms with van der Waals surface area (Å²) in [5.74, 6) is 1.25. The fourth-order valence-corrected chi connectivity index (χ4v) is 7.11. The Labute approximate surface area is 268 Å². The van der Waals surface area contributed by atoms with Gasteiger partial charge in [-0.2, -0.15) is 5.26 Å². The van der Waals surface area contributed by atoms with E-state index in [1.807, 2.05) is 54.6 Å². The van der Waals surface area contributed by atoms with Gasteiger partial charge in [-0.3, -0.25) is 4.57 Å². The molecule has 0 aliphatic rings. The van der Waals surface area contributed by atoms with Crippen molar-refractivity contribution in [3.8, 4) is 29.0 Å². The van der Waals surface area contributed by atoms with Gasteiger partial charge in [-0.25, -0.2) is 9.97 Å². The normalized spacial score (nSPS) is 11.8. The lowest BCUT2D eigenvalue weighted by Crippen LogP contribution is -2.02. The van der Waals surface area contributed by atoms with Gasteiger partial charge in [0.05, 0.1) is 33.7 Å². The lowest BCUT2D eigenvalue weighted by molar-refractivity contribution is 0.662. The van der Waals surface area contributed by atoms with Crippen LogP contribution in [0.5, 0.6) is 0 Å². The van der Waals surface area contributed by atoms with E-state index in [-0.39, 0.29) is 0 Å². The summed E-state index contributed by atoms with van der Waals surface area (Å²) in [5.41, 5.74) is 8.85. The maximum absolute atomic E-state index is 9.69. The van der Waals surface area contributed by atoms with Crippen molar-refractivity contribution in [3.05, 3.63) is 145 Å². The van der Waals surface area contributed by atoms with Gasteiger partial charge in [0.1, 0.15) is 11.1 Å². The first-order chi connectivity index (χ1) is 23.3. The molecule has 6 nitrogen and oxygen atoms in total. The fraction of sp³-hybridized carbons (Fsp3) is 0. The third kappa shape index (κ3) is 3.65. The number of rotatable bonds is 3. The molecular weight excluding hydrogens is 578 g/mol. The summed E-state index contributed by atoms with van der Waals surface area (Å²) >= 11 is 0. The van der Waals surface area contributed by atoms with Crippen LogP contribution in [0.15, 0.2) is 144 Å². The van der Waals surface area contributed by atoms with Crippen LogP contribution < -0.4 is 0 Å². The number of fused-ring (bicyclic) bond motifs is 9. The molecule has 6 heteroatoms. The van der Waals surface area contributed by atoms with Crippen molar-refractivity contribution in [2.45, 2.75) is 0 Å². The third-order valence-electron chi connectivity index (χ3n) is 9.16. The van der Waals surface area contributed by atoms with Crippen LogP contribution in [0.25, 0.3) is 88.6 Å². The second kappa shape index (κ2) is 9.64. The van der Waals surface area contributed by atoms with Crippen LogP contribution in [0.2, 0.25) is 0 Å². The zero-order valence-electron chi connectivity index (χ0n) is 24.9. The van der Waals surface area contributed by atoms with E-state index in [1.165, 1.54) is 10.8 Å². The highest BCUT2D eigenvalue weighted by molar-refractivity contribution is 6.12. The molecule has 0 N–H and O–H groups in total. The van der Waals surface area contributed by atoms with Crippen LogP contribution >= 0.6 is 0 Å². The number of para-hydroxylation sites is 4. The maximum atomic E-state index is 9.69. The van der Waals surface area contributed by atoms with Crippen LogP contribution in [0.3, 0.4) is 0 Å². The van der Waals surface area contributed by atoms with Gasteiger partial charge in [-0.05, 0) is 60.7 Å². The van der Waals surface area contributed by atoms with Crippen molar-refractivity contribution in [1.82, 2.24) is 19.1 Å². The highest BCUT2D eigenvalue weighted by Gasteiger charge is 2.22. The number of furan rings is 1. The predicted molar refractivity (Wildman–Crippen MR) is 188 cm³/mol. The summed E-state index contributed by atoms with van der Waals surface area (Å²) in [6, 6.07) is 49.7. The Balaban J connectivity index is 1.28. The van der Waals surface area contributed by atoms with Crippen LogP contribution in [-0.2, 0) is 0 Å². The molecule has 10 aromatic rings. The lowest BCUT2D eigenvalue weighted by Gasteiger charge is -2.12. The van der Waals surface area contributed by atoms with E-state index in [1.54, 1.807) is 0 Å². The van der Waals surface area contributed by atoms with Gasteiger partial charge >= 0.3 is 0 Å². The number of hydrogen-bond donors (Lipinski definition) is 0. The van der Waals surface area contributed by atoms with E-state index < -0.39 is 0 Å². The Hall–Kier alpha value is -6.71. The minimum absolute atomic E-state index is 0.598. The number of nitrogens with zero attached hydrogens (tertiary/aromatic N) is 5. The largest absolute Gasteiger partial charge is 0.450 e. The predicted octanol–water partition coefficient (Wildman–Crippen LogP) is 10.1. The molecule has 6 aromatic carbocycles. The van der Waals surface area contributed by atoms with Crippen LogP contribution in [-0.4, -0.2) is 19.1 Å². The molecule has 0 spiro atoms. The molecule has 0 radical (unpaired) electrons. The van der Waals surface area contributed by atoms with Crippen LogP contribution in [0.4, 0.5) is 0 Å². The van der Waals surface area contributed by atoms with E-state index in [2.05, 4.69) is 100 Å². The highest BCUT2D eigenvalue weighted by Crippen LogP contribution is 2.39. The average Bonchev–Trinajstić information content (AvgIpc) is 3.79. The topological polar surface area (TPSA) is 72.6 Å². The molecule has 4 aromatic heterocycles. The molecule has 0 unspecified atom stereocenters. The van der Waals surface area contributed by atoms with Crippen molar-refractivity contribution >= 4 is 65.7 Å². The molecule has 0 aliphatic carbocycles. The van der Waals surface area contributed by atoms with Gasteiger partial charge in [0, 0.05) is 38.2 Å². The zero-order chi connectivity index (χ0) is 31.1. The van der Waals surface area contributed by atoms with Crippen molar-refractivity contribution in [3.63, 3.8) is 0 Å². The molecule has 0 fully saturated rings. The minimum Gasteiger partial charge on any atom is -0.450 e. The molecule has 4 heterocycles. The summed E-state index contributed by atoms with van der Waals surface area (Å²) in [7, 11) is 0. The van der Waals surface area contributed by atoms with Gasteiger partial charge in [-0.15, -0.1) is 0 Å². The first kappa shape index (κ1) is 25.6. The Morgan fingerprint density at radius 2 is 1.15 bits per heavy atom. The van der Waals surface area contributed by atoms with Crippen LogP contribution in [0, 0.1) is 11.3 Å². The van der Waals surface area contributed by atoms with Gasteiger partial charge in [0.2, 0.25) is 0 Å². The molecule has 47 heavy (non-hydrogen) atoms. The SMILES string of the molecule is N#Cc1ccc2c(c1)c1ccccc1n2-c1nc(-c2cccc(-n3c4ccccc4c4ccccc43)c2)nc2c1oc1ccccc12. The number of aromatic nitrogens is 4. The molecule has 0 saturated carbocycles. The quantitative estimate of drug-likeness (QED) is 0.202. The van der Waals surface area contributed by atoms with Crippen molar-refractivity contribution in [1.29, 1.82) is 5.26 Å². The van der Waals surface area contributed by atoms with E-state index >= 15 is 0 Å². The zero-order valence-corrected chi connectivity index (χ0v) is 24.9. The van der Waals surface area contributed by atoms with E-state index in [0.717, 1.165) is 60.6 Å². The van der Waals surface area contributed by atoms with E-state index in [9.17, 15) is 5.26 Å². The van der Waals surface area contributed by atoms with Gasteiger partial charge < -0.3 is 8.98 Å². The van der Waals surface area contributed by atoms with E-state index in [0.29, 0.717) is 22.8 Å². The number of nitriles is 1. The van der Waals surface area contributed by atoms with Gasteiger partial charge in [0.25, 0.3) is 0 Å². The summed E-state index contributed by atoms with van der Waals surface area (Å²) in [6.45, 7) is 0. The Morgan fingerprint density at radius 1 is 0.532 bits per heavy atom. The second-order valence-corrected chi connectivity index (χ2v) is 11.8. The molecule has 0 saturated heterocycles. The minimum atomic E-state index is 0.598. The Morgan fingerprint density at radius 3 is 1.87 bits per heavy atom. The molecule has 0 amide bonds. The summed E-state index contributed by atoms with van der Waals surface area (Å²) in [6.07, 6.45) is 0. The highest BCUT2D eigenvalue weighted by atomic mass is 16.3. The molecule has 0 bridgehead atoms. The fourth-order valence-electron chi connectivity index (χ4n) is 7.11. The Bertz CT molecular complexity index is 2880.